The summed E-state index contributed by atoms with van der Waals surface area (Å²) in [5.74, 6) is 2.38. The molecule has 9 nitrogen and oxygen atoms in total. The summed E-state index contributed by atoms with van der Waals surface area (Å²) in [5, 5.41) is 0. The lowest BCUT2D eigenvalue weighted by atomic mass is 9.84. The Morgan fingerprint density at radius 3 is 2.22 bits per heavy atom. The fourth-order valence-corrected chi connectivity index (χ4v) is 5.72. The van der Waals surface area contributed by atoms with E-state index in [9.17, 15) is 9.59 Å². The van der Waals surface area contributed by atoms with Crippen molar-refractivity contribution >= 4 is 17.8 Å². The summed E-state index contributed by atoms with van der Waals surface area (Å²) < 4.78 is 40.2. The van der Waals surface area contributed by atoms with Crippen molar-refractivity contribution in [1.82, 2.24) is 0 Å². The Morgan fingerprint density at radius 1 is 0.778 bits per heavy atom. The second kappa shape index (κ2) is 12.7. The molecule has 0 aliphatic carbocycles. The van der Waals surface area contributed by atoms with Crippen LogP contribution in [0.4, 0.5) is 0 Å². The Labute approximate surface area is 260 Å². The fourth-order valence-electron chi connectivity index (χ4n) is 5.72. The largest absolute Gasteiger partial charge is 0.497 e. The molecule has 4 aromatic rings. The highest BCUT2D eigenvalue weighted by atomic mass is 16.5. The topological polar surface area (TPSA) is 98.8 Å². The lowest BCUT2D eigenvalue weighted by Gasteiger charge is -2.28. The number of carbonyl (C=O) groups excluding carboxylic acids is 2. The van der Waals surface area contributed by atoms with Crippen LogP contribution in [0, 0.1) is 0 Å². The first kappa shape index (κ1) is 29.6. The SMILES string of the molecule is COc1ccc(CCOc2c(OC)cccc2[C@H]2CC(=O)Oc3ccc4c(c32)O/C(=C\c2cccc(OC)c2OC)C4=O)cc1. The molecule has 45 heavy (non-hydrogen) atoms. The van der Waals surface area contributed by atoms with Gasteiger partial charge in [0.1, 0.15) is 17.2 Å². The summed E-state index contributed by atoms with van der Waals surface area (Å²) in [6.07, 6.45) is 2.28. The molecule has 9 heteroatoms. The number of Topliss-reactive ketones (excluding diaryl/α,β-unsaturated/α-hetero) is 1. The first-order valence-corrected chi connectivity index (χ1v) is 14.4. The van der Waals surface area contributed by atoms with Gasteiger partial charge in [-0.25, -0.2) is 0 Å². The van der Waals surface area contributed by atoms with Crippen molar-refractivity contribution in [1.29, 1.82) is 0 Å². The van der Waals surface area contributed by atoms with Crippen LogP contribution in [0.1, 0.15) is 45.0 Å². The van der Waals surface area contributed by atoms with E-state index in [1.807, 2.05) is 42.5 Å². The number of benzene rings is 4. The van der Waals surface area contributed by atoms with Gasteiger partial charge in [-0.15, -0.1) is 0 Å². The minimum Gasteiger partial charge on any atom is -0.497 e. The molecule has 0 unspecified atom stereocenters. The maximum absolute atomic E-state index is 13.6. The number of allylic oxidation sites excluding steroid dienone is 1. The van der Waals surface area contributed by atoms with Crippen molar-refractivity contribution in [3.05, 3.63) is 106 Å². The monoisotopic (exact) mass is 608 g/mol. The van der Waals surface area contributed by atoms with Gasteiger partial charge in [0.25, 0.3) is 0 Å². The number of ether oxygens (including phenoxy) is 7. The normalized spacial score (nSPS) is 15.9. The predicted molar refractivity (Wildman–Crippen MR) is 166 cm³/mol. The van der Waals surface area contributed by atoms with E-state index in [4.69, 9.17) is 33.2 Å². The highest BCUT2D eigenvalue weighted by molar-refractivity contribution is 6.15. The molecule has 0 amide bonds. The second-order valence-electron chi connectivity index (χ2n) is 10.4. The van der Waals surface area contributed by atoms with Crippen LogP contribution in [0.25, 0.3) is 6.08 Å². The smallest absolute Gasteiger partial charge is 0.312 e. The van der Waals surface area contributed by atoms with Crippen molar-refractivity contribution in [2.75, 3.05) is 35.0 Å². The number of para-hydroxylation sites is 2. The quantitative estimate of drug-likeness (QED) is 0.115. The zero-order chi connectivity index (χ0) is 31.5. The van der Waals surface area contributed by atoms with Crippen LogP contribution in [-0.4, -0.2) is 46.8 Å². The van der Waals surface area contributed by atoms with E-state index in [-0.39, 0.29) is 18.0 Å². The molecule has 0 bridgehead atoms. The molecule has 0 N–H and O–H groups in total. The number of hydrogen-bond acceptors (Lipinski definition) is 9. The number of ketones is 1. The summed E-state index contributed by atoms with van der Waals surface area (Å²) in [7, 11) is 6.28. The van der Waals surface area contributed by atoms with Gasteiger partial charge in [0.15, 0.2) is 28.8 Å². The van der Waals surface area contributed by atoms with Crippen molar-refractivity contribution in [2.45, 2.75) is 18.8 Å². The summed E-state index contributed by atoms with van der Waals surface area (Å²) >= 11 is 0. The number of methoxy groups -OCH3 is 4. The van der Waals surface area contributed by atoms with E-state index in [2.05, 4.69) is 0 Å². The number of fused-ring (bicyclic) bond motifs is 3. The van der Waals surface area contributed by atoms with Gasteiger partial charge in [-0.2, -0.15) is 0 Å². The Kier molecular flexibility index (Phi) is 8.33. The first-order valence-electron chi connectivity index (χ1n) is 14.4. The molecule has 0 fully saturated rings. The Hall–Kier alpha value is -5.44. The van der Waals surface area contributed by atoms with E-state index < -0.39 is 11.9 Å². The standard InChI is InChI=1S/C36H32O9/c1-39-23-13-11-21(12-14-23)17-18-43-35-24(8-6-10-29(35)41-3)26-20-31(37)44-27-16-15-25-33(38)30(45-36(25)32(26)27)19-22-7-5-9-28(40-2)34(22)42-4/h5-16,19,26H,17-18,20H2,1-4H3/b30-19-/t26-/m1/s1. The molecule has 2 aliphatic rings. The minimum absolute atomic E-state index is 0.0196. The van der Waals surface area contributed by atoms with E-state index in [1.54, 1.807) is 57.7 Å². The number of carbonyl (C=O) groups is 2. The molecule has 230 valence electrons. The molecule has 1 atom stereocenters. The molecular formula is C36H32O9. The minimum atomic E-state index is -0.527. The molecule has 0 radical (unpaired) electrons. The van der Waals surface area contributed by atoms with E-state index >= 15 is 0 Å². The van der Waals surface area contributed by atoms with Gasteiger partial charge in [0.05, 0.1) is 47.0 Å². The van der Waals surface area contributed by atoms with Gasteiger partial charge >= 0.3 is 5.97 Å². The van der Waals surface area contributed by atoms with Crippen LogP contribution in [0.2, 0.25) is 0 Å². The number of esters is 1. The van der Waals surface area contributed by atoms with Crippen molar-refractivity contribution in [3.8, 4) is 40.2 Å². The van der Waals surface area contributed by atoms with Crippen LogP contribution in [0.5, 0.6) is 40.2 Å². The molecule has 0 saturated heterocycles. The third kappa shape index (κ3) is 5.64. The molecule has 2 aliphatic heterocycles. The van der Waals surface area contributed by atoms with Gasteiger partial charge < -0.3 is 33.2 Å². The van der Waals surface area contributed by atoms with Crippen LogP contribution >= 0.6 is 0 Å². The molecule has 0 spiro atoms. The highest BCUT2D eigenvalue weighted by Crippen LogP contribution is 2.52. The third-order valence-electron chi connectivity index (χ3n) is 7.90. The van der Waals surface area contributed by atoms with Crippen LogP contribution < -0.4 is 33.2 Å². The first-order chi connectivity index (χ1) is 21.9. The molecule has 2 heterocycles. The molecular weight excluding hydrogens is 576 g/mol. The Morgan fingerprint density at radius 2 is 1.51 bits per heavy atom. The van der Waals surface area contributed by atoms with Gasteiger partial charge in [-0.1, -0.05) is 36.4 Å². The van der Waals surface area contributed by atoms with E-state index in [1.165, 1.54) is 7.11 Å². The predicted octanol–water partition coefficient (Wildman–Crippen LogP) is 6.40. The summed E-state index contributed by atoms with van der Waals surface area (Å²) in [5.41, 5.74) is 3.38. The van der Waals surface area contributed by atoms with Crippen LogP contribution in [-0.2, 0) is 11.2 Å². The fraction of sp³-hybridized carbons (Fsp3) is 0.222. The Balaban J connectivity index is 1.37. The van der Waals surface area contributed by atoms with Crippen LogP contribution in [0.15, 0.2) is 78.6 Å². The average molecular weight is 609 g/mol. The molecule has 4 aromatic carbocycles. The zero-order valence-corrected chi connectivity index (χ0v) is 25.4. The zero-order valence-electron chi connectivity index (χ0n) is 25.4. The maximum Gasteiger partial charge on any atom is 0.312 e. The van der Waals surface area contributed by atoms with Crippen molar-refractivity contribution in [3.63, 3.8) is 0 Å². The number of hydrogen-bond donors (Lipinski definition) is 0. The average Bonchev–Trinajstić information content (AvgIpc) is 3.38. The number of rotatable bonds is 10. The van der Waals surface area contributed by atoms with Gasteiger partial charge in [-0.3, -0.25) is 9.59 Å². The lowest BCUT2D eigenvalue weighted by molar-refractivity contribution is -0.135. The summed E-state index contributed by atoms with van der Waals surface area (Å²) in [6.45, 7) is 0.362. The van der Waals surface area contributed by atoms with Gasteiger partial charge in [0.2, 0.25) is 5.78 Å². The van der Waals surface area contributed by atoms with Crippen molar-refractivity contribution < 1.29 is 42.7 Å². The maximum atomic E-state index is 13.6. The summed E-state index contributed by atoms with van der Waals surface area (Å²) in [4.78, 5) is 26.5. The summed E-state index contributed by atoms with van der Waals surface area (Å²) in [6, 6.07) is 22.0. The lowest BCUT2D eigenvalue weighted by Crippen LogP contribution is -2.22. The van der Waals surface area contributed by atoms with Gasteiger partial charge in [-0.05, 0) is 48.0 Å². The third-order valence-corrected chi connectivity index (χ3v) is 7.90. The van der Waals surface area contributed by atoms with E-state index in [0.29, 0.717) is 64.2 Å². The van der Waals surface area contributed by atoms with E-state index in [0.717, 1.165) is 16.9 Å². The highest BCUT2D eigenvalue weighted by Gasteiger charge is 2.40. The van der Waals surface area contributed by atoms with Crippen LogP contribution in [0.3, 0.4) is 0 Å². The molecule has 0 saturated carbocycles. The molecule has 0 aromatic heterocycles. The Bertz CT molecular complexity index is 1790. The van der Waals surface area contributed by atoms with Gasteiger partial charge in [0, 0.05) is 29.0 Å². The van der Waals surface area contributed by atoms with Crippen molar-refractivity contribution in [2.24, 2.45) is 0 Å². The second-order valence-corrected chi connectivity index (χ2v) is 10.4. The molecule has 6 rings (SSSR count).